The van der Waals surface area contributed by atoms with Crippen LogP contribution in [0.15, 0.2) is 22.1 Å². The van der Waals surface area contributed by atoms with E-state index in [0.29, 0.717) is 10.9 Å². The predicted octanol–water partition coefficient (Wildman–Crippen LogP) is 2.61. The van der Waals surface area contributed by atoms with Crippen molar-refractivity contribution in [1.29, 1.82) is 0 Å². The number of hydrogen-bond donors (Lipinski definition) is 1. The van der Waals surface area contributed by atoms with Crippen molar-refractivity contribution in [3.63, 3.8) is 0 Å². The summed E-state index contributed by atoms with van der Waals surface area (Å²) in [7, 11) is 0. The third-order valence-corrected chi connectivity index (χ3v) is 2.78. The summed E-state index contributed by atoms with van der Waals surface area (Å²) in [5.41, 5.74) is 1.72. The van der Waals surface area contributed by atoms with Crippen LogP contribution in [0.4, 0.5) is 5.13 Å². The van der Waals surface area contributed by atoms with E-state index in [0.717, 1.165) is 11.3 Å². The van der Waals surface area contributed by atoms with Gasteiger partial charge in [0.05, 0.1) is 12.0 Å². The monoisotopic (exact) mass is 222 g/mol. The van der Waals surface area contributed by atoms with Crippen molar-refractivity contribution in [2.24, 2.45) is 0 Å². The molecular formula is C10H10N2O2S. The second-order valence-electron chi connectivity index (χ2n) is 3.18. The van der Waals surface area contributed by atoms with Gasteiger partial charge in [-0.25, -0.2) is 4.98 Å². The lowest BCUT2D eigenvalue weighted by Crippen LogP contribution is -2.11. The van der Waals surface area contributed by atoms with Gasteiger partial charge < -0.3 is 4.42 Å². The summed E-state index contributed by atoms with van der Waals surface area (Å²) in [4.78, 5) is 15.8. The molecule has 2 aromatic heterocycles. The zero-order valence-corrected chi connectivity index (χ0v) is 9.22. The van der Waals surface area contributed by atoms with E-state index in [4.69, 9.17) is 4.42 Å². The smallest absolute Gasteiger partial charge is 0.293 e. The Balaban J connectivity index is 2.14. The number of nitrogens with one attached hydrogen (secondary N) is 1. The molecule has 78 valence electrons. The first-order chi connectivity index (χ1) is 7.16. The Kier molecular flexibility index (Phi) is 2.55. The van der Waals surface area contributed by atoms with Crippen LogP contribution in [0.1, 0.15) is 21.8 Å². The standard InChI is InChI=1S/C10H10N2O2S/c1-6-3-4-14-8(6)9(13)12-10-11-7(2)5-15-10/h3-5H,1-2H3,(H,11,12,13). The minimum Gasteiger partial charge on any atom is -0.459 e. The highest BCUT2D eigenvalue weighted by molar-refractivity contribution is 7.13. The zero-order valence-electron chi connectivity index (χ0n) is 8.40. The Morgan fingerprint density at radius 1 is 1.53 bits per heavy atom. The summed E-state index contributed by atoms with van der Waals surface area (Å²) in [5.74, 6) is 0.0784. The van der Waals surface area contributed by atoms with E-state index < -0.39 is 0 Å². The van der Waals surface area contributed by atoms with Crippen LogP contribution in [-0.4, -0.2) is 10.9 Å². The highest BCUT2D eigenvalue weighted by atomic mass is 32.1. The molecule has 5 heteroatoms. The average Bonchev–Trinajstić information content (AvgIpc) is 2.75. The van der Waals surface area contributed by atoms with E-state index in [-0.39, 0.29) is 5.91 Å². The molecule has 1 N–H and O–H groups in total. The predicted molar refractivity (Wildman–Crippen MR) is 58.2 cm³/mol. The van der Waals surface area contributed by atoms with Gasteiger partial charge in [0.15, 0.2) is 10.9 Å². The Labute approximate surface area is 90.9 Å². The van der Waals surface area contributed by atoms with Gasteiger partial charge in [-0.05, 0) is 19.9 Å². The molecule has 0 fully saturated rings. The van der Waals surface area contributed by atoms with Crippen molar-refractivity contribution < 1.29 is 9.21 Å². The van der Waals surface area contributed by atoms with Crippen molar-refractivity contribution in [3.05, 3.63) is 34.7 Å². The van der Waals surface area contributed by atoms with E-state index >= 15 is 0 Å². The van der Waals surface area contributed by atoms with Gasteiger partial charge in [-0.2, -0.15) is 0 Å². The summed E-state index contributed by atoms with van der Waals surface area (Å²) in [5, 5.41) is 5.15. The topological polar surface area (TPSA) is 55.1 Å². The maximum absolute atomic E-state index is 11.7. The summed E-state index contributed by atoms with van der Waals surface area (Å²) >= 11 is 1.40. The second-order valence-corrected chi connectivity index (χ2v) is 4.04. The van der Waals surface area contributed by atoms with Crippen LogP contribution in [0.3, 0.4) is 0 Å². The molecule has 0 aliphatic carbocycles. The number of thiazole rings is 1. The lowest BCUT2D eigenvalue weighted by Gasteiger charge is -1.98. The molecule has 4 nitrogen and oxygen atoms in total. The van der Waals surface area contributed by atoms with Crippen LogP contribution in [0.5, 0.6) is 0 Å². The second kappa shape index (κ2) is 3.86. The van der Waals surface area contributed by atoms with E-state index in [1.54, 1.807) is 6.07 Å². The van der Waals surface area contributed by atoms with E-state index in [1.807, 2.05) is 19.2 Å². The number of nitrogens with zero attached hydrogens (tertiary/aromatic N) is 1. The van der Waals surface area contributed by atoms with Crippen molar-refractivity contribution >= 4 is 22.4 Å². The zero-order chi connectivity index (χ0) is 10.8. The number of anilines is 1. The molecule has 15 heavy (non-hydrogen) atoms. The molecule has 0 saturated carbocycles. The first-order valence-electron chi connectivity index (χ1n) is 4.44. The first-order valence-corrected chi connectivity index (χ1v) is 5.32. The normalized spacial score (nSPS) is 10.3. The Morgan fingerprint density at radius 3 is 2.87 bits per heavy atom. The largest absolute Gasteiger partial charge is 0.459 e. The molecule has 2 heterocycles. The van der Waals surface area contributed by atoms with E-state index in [2.05, 4.69) is 10.3 Å². The van der Waals surface area contributed by atoms with Gasteiger partial charge in [-0.1, -0.05) is 0 Å². The molecule has 0 spiro atoms. The summed E-state index contributed by atoms with van der Waals surface area (Å²) in [6, 6.07) is 1.75. The molecule has 0 aliphatic heterocycles. The molecule has 0 radical (unpaired) electrons. The van der Waals surface area contributed by atoms with Crippen LogP contribution in [0.25, 0.3) is 0 Å². The van der Waals surface area contributed by atoms with Crippen LogP contribution in [0, 0.1) is 13.8 Å². The maximum atomic E-state index is 11.7. The summed E-state index contributed by atoms with van der Waals surface area (Å²) in [6.07, 6.45) is 1.50. The number of rotatable bonds is 2. The molecule has 0 bridgehead atoms. The molecule has 0 saturated heterocycles. The Morgan fingerprint density at radius 2 is 2.33 bits per heavy atom. The van der Waals surface area contributed by atoms with Crippen LogP contribution in [-0.2, 0) is 0 Å². The molecule has 0 aliphatic rings. The lowest BCUT2D eigenvalue weighted by molar-refractivity contribution is 0.0996. The third-order valence-electron chi connectivity index (χ3n) is 1.91. The van der Waals surface area contributed by atoms with Crippen molar-refractivity contribution in [1.82, 2.24) is 4.98 Å². The molecule has 0 unspecified atom stereocenters. The van der Waals surface area contributed by atoms with Crippen molar-refractivity contribution in [3.8, 4) is 0 Å². The van der Waals surface area contributed by atoms with Gasteiger partial charge in [0.25, 0.3) is 5.91 Å². The third kappa shape index (κ3) is 2.07. The number of furan rings is 1. The molecule has 2 rings (SSSR count). The molecular weight excluding hydrogens is 212 g/mol. The Bertz CT molecular complexity index is 487. The van der Waals surface area contributed by atoms with Crippen LogP contribution >= 0.6 is 11.3 Å². The number of aromatic nitrogens is 1. The number of carbonyl (C=O) groups excluding carboxylic acids is 1. The number of hydrogen-bond acceptors (Lipinski definition) is 4. The quantitative estimate of drug-likeness (QED) is 0.849. The van der Waals surface area contributed by atoms with Gasteiger partial charge in [0.2, 0.25) is 0 Å². The van der Waals surface area contributed by atoms with Gasteiger partial charge >= 0.3 is 0 Å². The number of carbonyl (C=O) groups is 1. The van der Waals surface area contributed by atoms with Gasteiger partial charge in [0.1, 0.15) is 0 Å². The first kappa shape index (κ1) is 9.92. The van der Waals surface area contributed by atoms with Crippen molar-refractivity contribution in [2.75, 3.05) is 5.32 Å². The number of aryl methyl sites for hydroxylation is 2. The van der Waals surface area contributed by atoms with E-state index in [1.165, 1.54) is 17.6 Å². The van der Waals surface area contributed by atoms with E-state index in [9.17, 15) is 4.79 Å². The van der Waals surface area contributed by atoms with Gasteiger partial charge in [-0.15, -0.1) is 11.3 Å². The maximum Gasteiger partial charge on any atom is 0.293 e. The highest BCUT2D eigenvalue weighted by Gasteiger charge is 2.13. The number of amides is 1. The van der Waals surface area contributed by atoms with Crippen molar-refractivity contribution in [2.45, 2.75) is 13.8 Å². The fourth-order valence-electron chi connectivity index (χ4n) is 1.17. The fraction of sp³-hybridized carbons (Fsp3) is 0.200. The van der Waals surface area contributed by atoms with Gasteiger partial charge in [0, 0.05) is 10.9 Å². The lowest BCUT2D eigenvalue weighted by atomic mass is 10.3. The molecule has 2 aromatic rings. The Hall–Kier alpha value is -1.62. The van der Waals surface area contributed by atoms with Crippen LogP contribution < -0.4 is 5.32 Å². The SMILES string of the molecule is Cc1csc(NC(=O)c2occc2C)n1. The van der Waals surface area contributed by atoms with Crippen LogP contribution in [0.2, 0.25) is 0 Å². The minimum atomic E-state index is -0.258. The molecule has 0 atom stereocenters. The average molecular weight is 222 g/mol. The molecule has 0 aromatic carbocycles. The fourth-order valence-corrected chi connectivity index (χ4v) is 1.85. The minimum absolute atomic E-state index is 0.258. The summed E-state index contributed by atoms with van der Waals surface area (Å²) < 4.78 is 5.07. The summed E-state index contributed by atoms with van der Waals surface area (Å²) in [6.45, 7) is 3.70. The molecule has 1 amide bonds. The van der Waals surface area contributed by atoms with Gasteiger partial charge in [-0.3, -0.25) is 10.1 Å². The highest BCUT2D eigenvalue weighted by Crippen LogP contribution is 2.17.